The van der Waals surface area contributed by atoms with Crippen molar-refractivity contribution in [3.63, 3.8) is 0 Å². The van der Waals surface area contributed by atoms with Crippen LogP contribution in [0.3, 0.4) is 0 Å². The molecule has 164 valence electrons. The number of rotatable bonds is 7. The van der Waals surface area contributed by atoms with Gasteiger partial charge >= 0.3 is 0 Å². The van der Waals surface area contributed by atoms with E-state index in [-0.39, 0.29) is 5.41 Å². The molecular formula is C24H24ClN5O2. The molecule has 0 unspecified atom stereocenters. The van der Waals surface area contributed by atoms with Gasteiger partial charge in [-0.2, -0.15) is 5.26 Å². The SMILES string of the molecule is COCCOc1ccc(Cl)cc1Nc1nccc(-c2cc(C#N)c3c(c2)C(C)(C)CN3)n1. The smallest absolute Gasteiger partial charge is 0.227 e. The second-order valence-corrected chi connectivity index (χ2v) is 8.60. The molecule has 0 fully saturated rings. The van der Waals surface area contributed by atoms with Crippen LogP contribution in [-0.4, -0.2) is 36.8 Å². The Morgan fingerprint density at radius 2 is 2.06 bits per heavy atom. The van der Waals surface area contributed by atoms with Gasteiger partial charge in [-0.15, -0.1) is 0 Å². The number of fused-ring (bicyclic) bond motifs is 1. The van der Waals surface area contributed by atoms with Crippen molar-refractivity contribution in [3.8, 4) is 23.1 Å². The van der Waals surface area contributed by atoms with Crippen LogP contribution in [0.15, 0.2) is 42.6 Å². The lowest BCUT2D eigenvalue weighted by Gasteiger charge is -2.18. The van der Waals surface area contributed by atoms with E-state index in [0.29, 0.717) is 46.9 Å². The Morgan fingerprint density at radius 1 is 1.22 bits per heavy atom. The Bertz CT molecular complexity index is 1190. The maximum absolute atomic E-state index is 9.67. The van der Waals surface area contributed by atoms with Gasteiger partial charge in [0.15, 0.2) is 0 Å². The molecule has 2 aromatic carbocycles. The first-order valence-corrected chi connectivity index (χ1v) is 10.6. The van der Waals surface area contributed by atoms with Crippen molar-refractivity contribution in [1.82, 2.24) is 9.97 Å². The summed E-state index contributed by atoms with van der Waals surface area (Å²) >= 11 is 6.19. The van der Waals surface area contributed by atoms with E-state index in [4.69, 9.17) is 21.1 Å². The summed E-state index contributed by atoms with van der Waals surface area (Å²) in [6, 6.07) is 13.4. The Labute approximate surface area is 192 Å². The maximum Gasteiger partial charge on any atom is 0.227 e. The fourth-order valence-electron chi connectivity index (χ4n) is 3.67. The Kier molecular flexibility index (Phi) is 6.17. The minimum atomic E-state index is -0.0692. The highest BCUT2D eigenvalue weighted by molar-refractivity contribution is 6.31. The van der Waals surface area contributed by atoms with Crippen molar-refractivity contribution < 1.29 is 9.47 Å². The summed E-state index contributed by atoms with van der Waals surface area (Å²) in [5, 5.41) is 16.8. The predicted octanol–water partition coefficient (Wildman–Crippen LogP) is 5.14. The maximum atomic E-state index is 9.67. The first-order valence-electron chi connectivity index (χ1n) is 10.3. The fourth-order valence-corrected chi connectivity index (χ4v) is 3.84. The molecule has 0 aliphatic carbocycles. The average molecular weight is 450 g/mol. The van der Waals surface area contributed by atoms with Crippen LogP contribution in [-0.2, 0) is 10.2 Å². The number of aromatic nitrogens is 2. The molecule has 1 aromatic heterocycles. The van der Waals surface area contributed by atoms with Crippen molar-refractivity contribution in [2.75, 3.05) is 37.5 Å². The molecule has 0 spiro atoms. The second-order valence-electron chi connectivity index (χ2n) is 8.17. The largest absolute Gasteiger partial charge is 0.489 e. The summed E-state index contributed by atoms with van der Waals surface area (Å²) in [5.41, 5.74) is 4.80. The number of nitrogens with one attached hydrogen (secondary N) is 2. The summed E-state index contributed by atoms with van der Waals surface area (Å²) in [5.74, 6) is 1.02. The number of nitrogens with zero attached hydrogens (tertiary/aromatic N) is 3. The summed E-state index contributed by atoms with van der Waals surface area (Å²) in [4.78, 5) is 9.03. The van der Waals surface area contributed by atoms with Gasteiger partial charge in [0.2, 0.25) is 5.95 Å². The van der Waals surface area contributed by atoms with Gasteiger partial charge in [-0.25, -0.2) is 9.97 Å². The zero-order valence-corrected chi connectivity index (χ0v) is 19.0. The number of methoxy groups -OCH3 is 1. The molecule has 0 saturated carbocycles. The van der Waals surface area contributed by atoms with Gasteiger partial charge < -0.3 is 20.1 Å². The fraction of sp³-hybridized carbons (Fsp3) is 0.292. The molecule has 2 N–H and O–H groups in total. The molecule has 0 radical (unpaired) electrons. The van der Waals surface area contributed by atoms with Crippen molar-refractivity contribution in [1.29, 1.82) is 5.26 Å². The molecule has 7 nitrogen and oxygen atoms in total. The van der Waals surface area contributed by atoms with Crippen LogP contribution in [0.1, 0.15) is 25.0 Å². The molecule has 0 amide bonds. The van der Waals surface area contributed by atoms with Crippen molar-refractivity contribution in [2.45, 2.75) is 19.3 Å². The summed E-state index contributed by atoms with van der Waals surface area (Å²) < 4.78 is 10.8. The van der Waals surface area contributed by atoms with Gasteiger partial charge in [0.25, 0.3) is 0 Å². The van der Waals surface area contributed by atoms with E-state index >= 15 is 0 Å². The van der Waals surface area contributed by atoms with Gasteiger partial charge in [-0.05, 0) is 42.0 Å². The minimum absolute atomic E-state index is 0.0692. The Balaban J connectivity index is 1.67. The van der Waals surface area contributed by atoms with E-state index < -0.39 is 0 Å². The number of hydrogen-bond acceptors (Lipinski definition) is 7. The third kappa shape index (κ3) is 4.47. The predicted molar refractivity (Wildman–Crippen MR) is 126 cm³/mol. The third-order valence-corrected chi connectivity index (χ3v) is 5.61. The molecule has 1 aliphatic heterocycles. The Hall–Kier alpha value is -3.34. The van der Waals surface area contributed by atoms with E-state index in [1.165, 1.54) is 0 Å². The molecule has 32 heavy (non-hydrogen) atoms. The monoisotopic (exact) mass is 449 g/mol. The molecule has 0 atom stereocenters. The van der Waals surface area contributed by atoms with Crippen LogP contribution < -0.4 is 15.4 Å². The second kappa shape index (κ2) is 9.03. The lowest BCUT2D eigenvalue weighted by molar-refractivity contribution is 0.146. The molecule has 1 aliphatic rings. The first-order chi connectivity index (χ1) is 15.4. The normalized spacial score (nSPS) is 13.7. The van der Waals surface area contributed by atoms with Crippen molar-refractivity contribution in [3.05, 3.63) is 58.7 Å². The van der Waals surface area contributed by atoms with Gasteiger partial charge in [-0.3, -0.25) is 0 Å². The van der Waals surface area contributed by atoms with Gasteiger partial charge in [-0.1, -0.05) is 25.4 Å². The molecule has 8 heteroatoms. The molecule has 4 rings (SSSR count). The highest BCUT2D eigenvalue weighted by Gasteiger charge is 2.32. The number of halogens is 1. The zero-order valence-electron chi connectivity index (χ0n) is 18.2. The van der Waals surface area contributed by atoms with Crippen LogP contribution in [0.5, 0.6) is 5.75 Å². The summed E-state index contributed by atoms with van der Waals surface area (Å²) in [6.45, 7) is 5.99. The quantitative estimate of drug-likeness (QED) is 0.482. The molecule has 0 saturated heterocycles. The highest BCUT2D eigenvalue weighted by Crippen LogP contribution is 2.41. The number of hydrogen-bond donors (Lipinski definition) is 2. The molecule has 3 aromatic rings. The summed E-state index contributed by atoms with van der Waals surface area (Å²) in [7, 11) is 1.62. The first kappa shape index (κ1) is 21.9. The minimum Gasteiger partial charge on any atom is -0.489 e. The van der Waals surface area contributed by atoms with Crippen LogP contribution in [0.25, 0.3) is 11.3 Å². The van der Waals surface area contributed by atoms with E-state index in [1.807, 2.05) is 12.1 Å². The van der Waals surface area contributed by atoms with E-state index in [1.54, 1.807) is 31.5 Å². The number of nitriles is 1. The van der Waals surface area contributed by atoms with Crippen molar-refractivity contribution in [2.24, 2.45) is 0 Å². The molecular weight excluding hydrogens is 426 g/mol. The average Bonchev–Trinajstić information content (AvgIpc) is 3.09. The van der Waals surface area contributed by atoms with Crippen LogP contribution in [0.4, 0.5) is 17.3 Å². The number of ether oxygens (including phenoxy) is 2. The lowest BCUT2D eigenvalue weighted by Crippen LogP contribution is -2.18. The summed E-state index contributed by atoms with van der Waals surface area (Å²) in [6.07, 6.45) is 1.68. The number of benzene rings is 2. The van der Waals surface area contributed by atoms with Gasteiger partial charge in [0.1, 0.15) is 18.4 Å². The number of anilines is 3. The van der Waals surface area contributed by atoms with Crippen molar-refractivity contribution >= 4 is 28.9 Å². The van der Waals surface area contributed by atoms with E-state index in [9.17, 15) is 5.26 Å². The van der Waals surface area contributed by atoms with Crippen LogP contribution >= 0.6 is 11.6 Å². The third-order valence-electron chi connectivity index (χ3n) is 5.38. The van der Waals surface area contributed by atoms with E-state index in [0.717, 1.165) is 23.4 Å². The molecule has 0 bridgehead atoms. The zero-order chi connectivity index (χ0) is 22.7. The topological polar surface area (TPSA) is 92.1 Å². The Morgan fingerprint density at radius 3 is 2.84 bits per heavy atom. The van der Waals surface area contributed by atoms with Crippen LogP contribution in [0.2, 0.25) is 5.02 Å². The van der Waals surface area contributed by atoms with Gasteiger partial charge in [0, 0.05) is 35.9 Å². The van der Waals surface area contributed by atoms with Gasteiger partial charge in [0.05, 0.1) is 29.2 Å². The molecule has 2 heterocycles. The van der Waals surface area contributed by atoms with E-state index in [2.05, 4.69) is 46.6 Å². The van der Waals surface area contributed by atoms with Crippen LogP contribution in [0, 0.1) is 11.3 Å². The highest BCUT2D eigenvalue weighted by atomic mass is 35.5. The lowest BCUT2D eigenvalue weighted by atomic mass is 9.85. The standard InChI is InChI=1S/C24H24ClN5O2/c1-24(2)14-28-22-16(13-26)10-15(11-18(22)24)19-6-7-27-23(29-19)30-20-12-17(25)4-5-21(20)32-9-8-31-3/h4-7,10-12,28H,8-9,14H2,1-3H3,(H,27,29,30).